The standard InChI is InChI=1S/C32H28Cl2N2O7/c1-2-40-31(38)11-12-41-24-7-3-5-21(14-24)25-8-4-6-22(32(25)34)19-43-30-16-29(23(17-37)15-26(30)33)42-18-20-9-10-28(36-39)27(35)13-20/h3-10,13-17,35,39H,2,11-12,18-19H2,1H3/b35-27?,36-28-. The van der Waals surface area contributed by atoms with Gasteiger partial charge in [0.2, 0.25) is 0 Å². The van der Waals surface area contributed by atoms with E-state index in [1.54, 1.807) is 19.1 Å². The largest absolute Gasteiger partial charge is 0.493 e. The maximum Gasteiger partial charge on any atom is 0.309 e. The maximum absolute atomic E-state index is 11.7. The maximum atomic E-state index is 11.7. The minimum absolute atomic E-state index is 0.0340. The molecule has 0 heterocycles. The molecule has 0 fully saturated rings. The van der Waals surface area contributed by atoms with Crippen molar-refractivity contribution in [1.29, 1.82) is 5.41 Å². The van der Waals surface area contributed by atoms with Crippen LogP contribution in [0.1, 0.15) is 29.3 Å². The quantitative estimate of drug-likeness (QED) is 0.0683. The predicted molar refractivity (Wildman–Crippen MR) is 164 cm³/mol. The van der Waals surface area contributed by atoms with Crippen LogP contribution in [0.3, 0.4) is 0 Å². The molecular formula is C32H28Cl2N2O7. The molecule has 4 rings (SSSR count). The molecule has 9 nitrogen and oxygen atoms in total. The van der Waals surface area contributed by atoms with Crippen molar-refractivity contribution in [3.05, 3.63) is 99.6 Å². The molecule has 1 aliphatic rings. The summed E-state index contributed by atoms with van der Waals surface area (Å²) in [5.74, 6) is 0.808. The van der Waals surface area contributed by atoms with E-state index >= 15 is 0 Å². The van der Waals surface area contributed by atoms with Gasteiger partial charge in [0.1, 0.15) is 36.2 Å². The molecule has 3 aromatic carbocycles. The zero-order valence-corrected chi connectivity index (χ0v) is 24.7. The Kier molecular flexibility index (Phi) is 11.0. The lowest BCUT2D eigenvalue weighted by Gasteiger charge is -2.16. The molecule has 0 radical (unpaired) electrons. The van der Waals surface area contributed by atoms with Gasteiger partial charge in [-0.25, -0.2) is 0 Å². The number of hydrogen-bond acceptors (Lipinski definition) is 9. The van der Waals surface area contributed by atoms with Gasteiger partial charge in [0, 0.05) is 17.2 Å². The molecule has 3 aromatic rings. The van der Waals surface area contributed by atoms with E-state index in [1.807, 2.05) is 36.4 Å². The smallest absolute Gasteiger partial charge is 0.309 e. The molecule has 0 spiro atoms. The second-order valence-electron chi connectivity index (χ2n) is 9.18. The number of ether oxygens (including phenoxy) is 4. The Morgan fingerprint density at radius 2 is 1.79 bits per heavy atom. The number of nitrogens with one attached hydrogen (secondary N) is 1. The van der Waals surface area contributed by atoms with E-state index in [2.05, 4.69) is 5.16 Å². The first-order chi connectivity index (χ1) is 20.8. The Balaban J connectivity index is 1.46. The van der Waals surface area contributed by atoms with Crippen molar-refractivity contribution >= 4 is 46.9 Å². The van der Waals surface area contributed by atoms with Crippen LogP contribution in [0.2, 0.25) is 10.0 Å². The van der Waals surface area contributed by atoms with Crippen LogP contribution in [-0.2, 0) is 16.1 Å². The van der Waals surface area contributed by atoms with Crippen LogP contribution in [0.25, 0.3) is 11.1 Å². The number of hydrogen-bond donors (Lipinski definition) is 2. The zero-order valence-electron chi connectivity index (χ0n) is 23.1. The Hall–Kier alpha value is -4.60. The van der Waals surface area contributed by atoms with Gasteiger partial charge in [0.05, 0.1) is 41.0 Å². The fraction of sp³-hybridized carbons (Fsp3) is 0.188. The SMILES string of the molecule is CCOC(=O)CCOc1cccc(-c2cccc(COc3cc(OCC4=CC(=N)/C(=N\O)C=C4)c(C=O)cc3Cl)c2Cl)c1. The van der Waals surface area contributed by atoms with Crippen LogP contribution in [0.15, 0.2) is 83.6 Å². The van der Waals surface area contributed by atoms with Crippen molar-refractivity contribution in [3.63, 3.8) is 0 Å². The highest BCUT2D eigenvalue weighted by Gasteiger charge is 2.15. The van der Waals surface area contributed by atoms with Crippen molar-refractivity contribution in [3.8, 4) is 28.4 Å². The summed E-state index contributed by atoms with van der Waals surface area (Å²) in [6.07, 6.45) is 5.43. The lowest BCUT2D eigenvalue weighted by molar-refractivity contribution is -0.143. The molecule has 0 aromatic heterocycles. The lowest BCUT2D eigenvalue weighted by atomic mass is 10.0. The van der Waals surface area contributed by atoms with Gasteiger partial charge in [0.15, 0.2) is 6.29 Å². The fourth-order valence-electron chi connectivity index (χ4n) is 4.11. The minimum Gasteiger partial charge on any atom is -0.493 e. The van der Waals surface area contributed by atoms with Crippen molar-refractivity contribution in [1.82, 2.24) is 0 Å². The summed E-state index contributed by atoms with van der Waals surface area (Å²) in [5, 5.41) is 20.5. The number of esters is 1. The predicted octanol–water partition coefficient (Wildman–Crippen LogP) is 7.11. The van der Waals surface area contributed by atoms with Gasteiger partial charge in [-0.3, -0.25) is 15.0 Å². The van der Waals surface area contributed by atoms with Gasteiger partial charge in [-0.2, -0.15) is 0 Å². The van der Waals surface area contributed by atoms with Gasteiger partial charge in [-0.15, -0.1) is 0 Å². The molecule has 222 valence electrons. The van der Waals surface area contributed by atoms with E-state index in [1.165, 1.54) is 24.3 Å². The van der Waals surface area contributed by atoms with Crippen LogP contribution in [-0.4, -0.2) is 48.7 Å². The lowest BCUT2D eigenvalue weighted by Crippen LogP contribution is -2.14. The number of oxime groups is 1. The summed E-state index contributed by atoms with van der Waals surface area (Å²) in [7, 11) is 0. The van der Waals surface area contributed by atoms with Crippen LogP contribution in [0.4, 0.5) is 0 Å². The normalized spacial score (nSPS) is 13.4. The van der Waals surface area contributed by atoms with E-state index in [0.717, 1.165) is 11.1 Å². The molecule has 0 saturated carbocycles. The molecular weight excluding hydrogens is 595 g/mol. The first-order valence-corrected chi connectivity index (χ1v) is 14.0. The molecule has 0 atom stereocenters. The van der Waals surface area contributed by atoms with Gasteiger partial charge in [-0.1, -0.05) is 64.8 Å². The Bertz CT molecular complexity index is 1620. The second-order valence-corrected chi connectivity index (χ2v) is 9.96. The minimum atomic E-state index is -0.318. The zero-order chi connectivity index (χ0) is 30.8. The van der Waals surface area contributed by atoms with E-state index in [-0.39, 0.29) is 65.7 Å². The third-order valence-electron chi connectivity index (χ3n) is 6.24. The fourth-order valence-corrected chi connectivity index (χ4v) is 4.62. The first-order valence-electron chi connectivity index (χ1n) is 13.2. The van der Waals surface area contributed by atoms with Crippen molar-refractivity contribution < 1.29 is 33.7 Å². The summed E-state index contributed by atoms with van der Waals surface area (Å²) < 4.78 is 22.5. The molecule has 11 heteroatoms. The molecule has 2 N–H and O–H groups in total. The third-order valence-corrected chi connectivity index (χ3v) is 6.98. The molecule has 0 bridgehead atoms. The number of nitrogens with zero attached hydrogens (tertiary/aromatic N) is 1. The number of halogens is 2. The van der Waals surface area contributed by atoms with Crippen LogP contribution >= 0.6 is 23.2 Å². The third kappa shape index (κ3) is 8.24. The van der Waals surface area contributed by atoms with Crippen molar-refractivity contribution in [2.75, 3.05) is 19.8 Å². The highest BCUT2D eigenvalue weighted by Crippen LogP contribution is 2.36. The summed E-state index contributed by atoms with van der Waals surface area (Å²) in [4.78, 5) is 23.3. The van der Waals surface area contributed by atoms with Gasteiger partial charge in [-0.05, 0) is 48.4 Å². The second kappa shape index (κ2) is 15.0. The molecule has 43 heavy (non-hydrogen) atoms. The van der Waals surface area contributed by atoms with E-state index < -0.39 is 0 Å². The average molecular weight is 623 g/mol. The highest BCUT2D eigenvalue weighted by atomic mass is 35.5. The Morgan fingerprint density at radius 3 is 2.53 bits per heavy atom. The van der Waals surface area contributed by atoms with Gasteiger partial charge < -0.3 is 24.2 Å². The number of rotatable bonds is 13. The van der Waals surface area contributed by atoms with Crippen LogP contribution in [0, 0.1) is 5.41 Å². The molecule has 0 saturated heterocycles. The monoisotopic (exact) mass is 622 g/mol. The Morgan fingerprint density at radius 1 is 1.00 bits per heavy atom. The van der Waals surface area contributed by atoms with E-state index in [9.17, 15) is 9.59 Å². The van der Waals surface area contributed by atoms with Gasteiger partial charge >= 0.3 is 5.97 Å². The van der Waals surface area contributed by atoms with Crippen LogP contribution in [0.5, 0.6) is 17.2 Å². The molecule has 1 aliphatic carbocycles. The first kappa shape index (κ1) is 31.3. The Labute approximate surface area is 258 Å². The van der Waals surface area contributed by atoms with E-state index in [0.29, 0.717) is 34.8 Å². The highest BCUT2D eigenvalue weighted by molar-refractivity contribution is 6.50. The molecule has 0 amide bonds. The number of aldehydes is 1. The summed E-state index contributed by atoms with van der Waals surface area (Å²) in [5.41, 5.74) is 3.32. The van der Waals surface area contributed by atoms with E-state index in [4.69, 9.17) is 52.8 Å². The van der Waals surface area contributed by atoms with Crippen molar-refractivity contribution in [2.45, 2.75) is 20.0 Å². The number of allylic oxidation sites excluding steroid dienone is 2. The summed E-state index contributed by atoms with van der Waals surface area (Å²) in [6, 6.07) is 15.9. The number of carbonyl (C=O) groups excluding carboxylic acids is 2. The molecule has 0 aliphatic heterocycles. The average Bonchev–Trinajstić information content (AvgIpc) is 3.00. The number of carbonyl (C=O) groups is 2. The molecule has 0 unspecified atom stereocenters. The number of benzene rings is 3. The summed E-state index contributed by atoms with van der Waals surface area (Å²) in [6.45, 7) is 2.40. The van der Waals surface area contributed by atoms with Crippen LogP contribution < -0.4 is 14.2 Å². The van der Waals surface area contributed by atoms with Crippen molar-refractivity contribution in [2.24, 2.45) is 5.16 Å². The topological polar surface area (TPSA) is 128 Å². The summed E-state index contributed by atoms with van der Waals surface area (Å²) >= 11 is 13.2. The van der Waals surface area contributed by atoms with Gasteiger partial charge in [0.25, 0.3) is 0 Å².